The van der Waals surface area contributed by atoms with Crippen LogP contribution in [0, 0.1) is 5.82 Å². The molecule has 1 aliphatic carbocycles. The van der Waals surface area contributed by atoms with Crippen LogP contribution in [0.5, 0.6) is 0 Å². The van der Waals surface area contributed by atoms with Gasteiger partial charge in [-0.3, -0.25) is 0 Å². The van der Waals surface area contributed by atoms with Crippen molar-refractivity contribution in [1.29, 1.82) is 0 Å². The third-order valence-corrected chi connectivity index (χ3v) is 6.44. The van der Waals surface area contributed by atoms with Crippen LogP contribution in [0.3, 0.4) is 0 Å². The molecule has 0 saturated heterocycles. The molecule has 0 aliphatic heterocycles. The van der Waals surface area contributed by atoms with Crippen molar-refractivity contribution >= 4 is 38.9 Å². The average Bonchev–Trinajstić information content (AvgIpc) is 2.75. The maximum atomic E-state index is 14.2. The highest BCUT2D eigenvalue weighted by Gasteiger charge is 2.22. The first-order valence-electron chi connectivity index (χ1n) is 7.01. The summed E-state index contributed by atoms with van der Waals surface area (Å²) in [4.78, 5) is 2.14. The molecule has 5 heteroatoms. The normalized spacial score (nSPS) is 16.4. The number of hydrogen-bond donors (Lipinski definition) is 1. The zero-order valence-electron chi connectivity index (χ0n) is 11.3. The summed E-state index contributed by atoms with van der Waals surface area (Å²) in [5, 5.41) is 10.5. The Hall–Kier alpha value is -0.420. The Kier molecular flexibility index (Phi) is 4.69. The summed E-state index contributed by atoms with van der Waals surface area (Å²) in [5.74, 6) is -0.554. The van der Waals surface area contributed by atoms with Crippen molar-refractivity contribution < 1.29 is 9.50 Å². The fourth-order valence-electron chi connectivity index (χ4n) is 2.73. The van der Waals surface area contributed by atoms with Crippen molar-refractivity contribution in [1.82, 2.24) is 0 Å². The van der Waals surface area contributed by atoms with E-state index < -0.39 is 11.9 Å². The van der Waals surface area contributed by atoms with Gasteiger partial charge in [-0.25, -0.2) is 4.39 Å². The minimum atomic E-state index is -0.951. The molecule has 3 rings (SSSR count). The van der Waals surface area contributed by atoms with Gasteiger partial charge in [0.15, 0.2) is 0 Å². The molecule has 1 nitrogen and oxygen atoms in total. The van der Waals surface area contributed by atoms with Crippen molar-refractivity contribution in [3.63, 3.8) is 0 Å². The first-order chi connectivity index (χ1) is 10.1. The average molecular weight is 390 g/mol. The monoisotopic (exact) mass is 388 g/mol. The van der Waals surface area contributed by atoms with E-state index in [9.17, 15) is 9.50 Å². The van der Waals surface area contributed by atoms with Crippen molar-refractivity contribution in [2.24, 2.45) is 0 Å². The topological polar surface area (TPSA) is 20.2 Å². The lowest BCUT2D eigenvalue weighted by atomic mass is 10.1. The summed E-state index contributed by atoms with van der Waals surface area (Å²) in [7, 11) is 0. The van der Waals surface area contributed by atoms with Crippen LogP contribution >= 0.6 is 38.9 Å². The number of aliphatic hydroxyl groups excluding tert-OH is 1. The van der Waals surface area contributed by atoms with Gasteiger partial charge in [0.1, 0.15) is 11.9 Å². The molecule has 1 atom stereocenters. The Morgan fingerprint density at radius 2 is 2.00 bits per heavy atom. The predicted molar refractivity (Wildman–Crippen MR) is 88.7 cm³/mol. The van der Waals surface area contributed by atoms with E-state index in [0.29, 0.717) is 4.47 Å². The molecule has 0 radical (unpaired) electrons. The zero-order valence-corrected chi connectivity index (χ0v) is 14.5. The molecule has 1 N–H and O–H groups in total. The second-order valence-electron chi connectivity index (χ2n) is 5.32. The molecule has 0 bridgehead atoms. The molecule has 0 amide bonds. The van der Waals surface area contributed by atoms with Crippen molar-refractivity contribution in [2.45, 2.75) is 38.2 Å². The standard InChI is InChI=1S/C16H15BrClFOS/c17-11-7-6-10(15(19)14(11)18)16(20)13-8-9-4-2-1-3-5-12(9)21-13/h6-8,16,20H,1-5H2. The molecule has 1 aromatic carbocycles. The van der Waals surface area contributed by atoms with Gasteiger partial charge in [0, 0.05) is 19.8 Å². The molecule has 1 unspecified atom stereocenters. The van der Waals surface area contributed by atoms with Crippen LogP contribution in [0.15, 0.2) is 22.7 Å². The number of fused-ring (bicyclic) bond motifs is 1. The van der Waals surface area contributed by atoms with Gasteiger partial charge >= 0.3 is 0 Å². The Balaban J connectivity index is 1.95. The SMILES string of the molecule is OC(c1cc2c(s1)CCCCC2)c1ccc(Br)c(Cl)c1F. The lowest BCUT2D eigenvalue weighted by molar-refractivity contribution is 0.218. The van der Waals surface area contributed by atoms with Gasteiger partial charge in [-0.05, 0) is 59.3 Å². The number of aliphatic hydroxyl groups is 1. The Morgan fingerprint density at radius 3 is 2.81 bits per heavy atom. The van der Waals surface area contributed by atoms with Crippen molar-refractivity contribution in [3.8, 4) is 0 Å². The predicted octanol–water partition coefficient (Wildman–Crippen LogP) is 5.65. The van der Waals surface area contributed by atoms with E-state index in [-0.39, 0.29) is 10.6 Å². The molecule has 1 aromatic heterocycles. The molecule has 21 heavy (non-hydrogen) atoms. The molecular weight excluding hydrogens is 375 g/mol. The van der Waals surface area contributed by atoms with Crippen molar-refractivity contribution in [2.75, 3.05) is 0 Å². The summed E-state index contributed by atoms with van der Waals surface area (Å²) in [6.45, 7) is 0. The zero-order chi connectivity index (χ0) is 15.0. The van der Waals surface area contributed by atoms with E-state index >= 15 is 0 Å². The molecule has 112 valence electrons. The van der Waals surface area contributed by atoms with E-state index in [2.05, 4.69) is 15.9 Å². The molecule has 0 fully saturated rings. The molecule has 2 aromatic rings. The molecule has 0 saturated carbocycles. The van der Waals surface area contributed by atoms with Gasteiger partial charge < -0.3 is 5.11 Å². The second-order valence-corrected chi connectivity index (χ2v) is 7.73. The van der Waals surface area contributed by atoms with Gasteiger partial charge in [0.2, 0.25) is 0 Å². The lowest BCUT2D eigenvalue weighted by Gasteiger charge is -2.12. The van der Waals surface area contributed by atoms with E-state index in [1.54, 1.807) is 23.5 Å². The van der Waals surface area contributed by atoms with Gasteiger partial charge in [0.25, 0.3) is 0 Å². The highest BCUT2D eigenvalue weighted by atomic mass is 79.9. The van der Waals surface area contributed by atoms with E-state index in [1.165, 1.54) is 29.7 Å². The lowest BCUT2D eigenvalue weighted by Crippen LogP contribution is -2.01. The largest absolute Gasteiger partial charge is 0.383 e. The number of rotatable bonds is 2. The highest BCUT2D eigenvalue weighted by Crippen LogP contribution is 2.37. The molecule has 1 heterocycles. The molecule has 1 aliphatic rings. The van der Waals surface area contributed by atoms with Crippen molar-refractivity contribution in [3.05, 3.63) is 54.4 Å². The maximum absolute atomic E-state index is 14.2. The van der Waals surface area contributed by atoms with Crippen LogP contribution in [0.4, 0.5) is 4.39 Å². The fourth-order valence-corrected chi connectivity index (χ4v) is 4.47. The first kappa shape index (κ1) is 15.5. The summed E-state index contributed by atoms with van der Waals surface area (Å²) in [5.41, 5.74) is 1.55. The third kappa shape index (κ3) is 3.04. The summed E-state index contributed by atoms with van der Waals surface area (Å²) in [6, 6.07) is 5.29. The van der Waals surface area contributed by atoms with Crippen LogP contribution in [0.1, 0.15) is 46.2 Å². The van der Waals surface area contributed by atoms with Crippen LogP contribution in [-0.4, -0.2) is 5.11 Å². The molecule has 0 spiro atoms. The highest BCUT2D eigenvalue weighted by molar-refractivity contribution is 9.10. The minimum Gasteiger partial charge on any atom is -0.383 e. The van der Waals surface area contributed by atoms with Gasteiger partial charge in [-0.1, -0.05) is 24.1 Å². The van der Waals surface area contributed by atoms with Gasteiger partial charge in [-0.2, -0.15) is 0 Å². The quantitative estimate of drug-likeness (QED) is 0.519. The third-order valence-electron chi connectivity index (χ3n) is 3.89. The van der Waals surface area contributed by atoms with Gasteiger partial charge in [-0.15, -0.1) is 11.3 Å². The number of benzene rings is 1. The number of halogens is 3. The van der Waals surface area contributed by atoms with Crippen LogP contribution in [0.25, 0.3) is 0 Å². The van der Waals surface area contributed by atoms with E-state index in [4.69, 9.17) is 11.6 Å². The Morgan fingerprint density at radius 1 is 1.24 bits per heavy atom. The minimum absolute atomic E-state index is 0.0182. The summed E-state index contributed by atoms with van der Waals surface area (Å²) in [6.07, 6.45) is 4.82. The number of aryl methyl sites for hydroxylation is 2. The number of hydrogen-bond acceptors (Lipinski definition) is 2. The van der Waals surface area contributed by atoms with Gasteiger partial charge in [0.05, 0.1) is 5.02 Å². The summed E-state index contributed by atoms with van der Waals surface area (Å²) < 4.78 is 14.7. The fraction of sp³-hybridized carbons (Fsp3) is 0.375. The Labute approximate surface area is 140 Å². The second kappa shape index (κ2) is 6.37. The van der Waals surface area contributed by atoms with Crippen LogP contribution in [0.2, 0.25) is 5.02 Å². The van der Waals surface area contributed by atoms with Crippen LogP contribution in [-0.2, 0) is 12.8 Å². The van der Waals surface area contributed by atoms with E-state index in [0.717, 1.165) is 17.7 Å². The Bertz CT molecular complexity index is 647. The summed E-state index contributed by atoms with van der Waals surface area (Å²) >= 11 is 10.7. The molecular formula is C16H15BrClFOS. The maximum Gasteiger partial charge on any atom is 0.149 e. The van der Waals surface area contributed by atoms with E-state index in [1.807, 2.05) is 6.07 Å². The van der Waals surface area contributed by atoms with Crippen LogP contribution < -0.4 is 0 Å². The number of thiophene rings is 1. The first-order valence-corrected chi connectivity index (χ1v) is 8.99. The smallest absolute Gasteiger partial charge is 0.149 e.